The molecule has 1 aromatic rings. The first-order chi connectivity index (χ1) is 7.75. The fourth-order valence-electron chi connectivity index (χ4n) is 2.14. The number of carbonyl (C=O) groups excluding carboxylic acids is 1. The van der Waals surface area contributed by atoms with Crippen LogP contribution in [0.3, 0.4) is 0 Å². The molecule has 2 heteroatoms. The average molecular weight is 217 g/mol. The van der Waals surface area contributed by atoms with Crippen LogP contribution in [0.4, 0.5) is 0 Å². The van der Waals surface area contributed by atoms with E-state index >= 15 is 0 Å². The number of nitrogens with zero attached hydrogens (tertiary/aromatic N) is 1. The van der Waals surface area contributed by atoms with Crippen molar-refractivity contribution in [1.82, 2.24) is 4.90 Å². The van der Waals surface area contributed by atoms with Crippen LogP contribution in [0.5, 0.6) is 0 Å². The number of carbonyl (C=O) groups is 1. The second-order valence-corrected chi connectivity index (χ2v) is 4.78. The van der Waals surface area contributed by atoms with Crippen LogP contribution in [0, 0.1) is 5.92 Å². The summed E-state index contributed by atoms with van der Waals surface area (Å²) in [4.78, 5) is 14.1. The molecule has 0 aliphatic heterocycles. The maximum Gasteiger partial charge on any atom is 0.176 e. The predicted molar refractivity (Wildman–Crippen MR) is 65.6 cm³/mol. The fourth-order valence-corrected chi connectivity index (χ4v) is 2.14. The molecule has 0 N–H and O–H groups in total. The third-order valence-electron chi connectivity index (χ3n) is 3.30. The summed E-state index contributed by atoms with van der Waals surface area (Å²) in [5.41, 5.74) is 0.822. The highest BCUT2D eigenvalue weighted by molar-refractivity contribution is 5.97. The third kappa shape index (κ3) is 2.92. The molecule has 2 rings (SSSR count). The van der Waals surface area contributed by atoms with E-state index in [1.54, 1.807) is 0 Å². The van der Waals surface area contributed by atoms with Gasteiger partial charge in [-0.15, -0.1) is 0 Å². The van der Waals surface area contributed by atoms with Gasteiger partial charge in [-0.3, -0.25) is 9.69 Å². The van der Waals surface area contributed by atoms with Gasteiger partial charge in [-0.25, -0.2) is 0 Å². The lowest BCUT2D eigenvalue weighted by Crippen LogP contribution is -2.33. The fraction of sp³-hybridized carbons (Fsp3) is 0.500. The maximum absolute atomic E-state index is 11.9. The quantitative estimate of drug-likeness (QED) is 0.707. The monoisotopic (exact) mass is 217 g/mol. The molecule has 1 aliphatic rings. The first-order valence-corrected chi connectivity index (χ1v) is 6.02. The smallest absolute Gasteiger partial charge is 0.176 e. The highest BCUT2D eigenvalue weighted by atomic mass is 16.1. The Bertz CT molecular complexity index is 343. The molecule has 1 aliphatic carbocycles. The van der Waals surface area contributed by atoms with E-state index in [9.17, 15) is 4.79 Å². The van der Waals surface area contributed by atoms with Gasteiger partial charge < -0.3 is 0 Å². The zero-order chi connectivity index (χ0) is 11.4. The number of Topliss-reactive ketones (excluding diaryl/α,β-unsaturated/α-hetero) is 1. The molecule has 0 heterocycles. The number of benzene rings is 1. The van der Waals surface area contributed by atoms with Gasteiger partial charge >= 0.3 is 0 Å². The summed E-state index contributed by atoms with van der Waals surface area (Å²) in [6, 6.07) is 9.55. The Morgan fingerprint density at radius 3 is 2.56 bits per heavy atom. The molecular weight excluding hydrogens is 198 g/mol. The second-order valence-electron chi connectivity index (χ2n) is 4.78. The Labute approximate surface area is 97.3 Å². The van der Waals surface area contributed by atoms with E-state index in [2.05, 4.69) is 4.90 Å². The molecule has 1 fully saturated rings. The largest absolute Gasteiger partial charge is 0.299 e. The van der Waals surface area contributed by atoms with Crippen molar-refractivity contribution in [1.29, 1.82) is 0 Å². The summed E-state index contributed by atoms with van der Waals surface area (Å²) in [7, 11) is 2.04. The zero-order valence-corrected chi connectivity index (χ0v) is 9.86. The molecule has 0 unspecified atom stereocenters. The lowest BCUT2D eigenvalue weighted by Gasteiger charge is -2.29. The van der Waals surface area contributed by atoms with E-state index in [-0.39, 0.29) is 5.78 Å². The minimum absolute atomic E-state index is 0.224. The predicted octanol–water partition coefficient (Wildman–Crippen LogP) is 2.60. The minimum atomic E-state index is 0.224. The van der Waals surface area contributed by atoms with Crippen LogP contribution in [0.2, 0.25) is 0 Å². The molecule has 0 spiro atoms. The molecule has 0 atom stereocenters. The van der Waals surface area contributed by atoms with Crippen LogP contribution in [0.15, 0.2) is 30.3 Å². The molecule has 0 bridgehead atoms. The Kier molecular flexibility index (Phi) is 3.73. The van der Waals surface area contributed by atoms with Gasteiger partial charge in [0.05, 0.1) is 6.54 Å². The van der Waals surface area contributed by atoms with E-state index in [1.165, 1.54) is 19.3 Å². The minimum Gasteiger partial charge on any atom is -0.299 e. The summed E-state index contributed by atoms with van der Waals surface area (Å²) in [6.45, 7) is 1.61. The van der Waals surface area contributed by atoms with Crippen molar-refractivity contribution in [2.45, 2.75) is 19.3 Å². The second kappa shape index (κ2) is 5.26. The molecule has 1 aromatic carbocycles. The molecule has 86 valence electrons. The topological polar surface area (TPSA) is 20.3 Å². The first-order valence-electron chi connectivity index (χ1n) is 6.02. The molecule has 2 nitrogen and oxygen atoms in total. The van der Waals surface area contributed by atoms with E-state index in [4.69, 9.17) is 0 Å². The van der Waals surface area contributed by atoms with Crippen LogP contribution in [-0.2, 0) is 0 Å². The highest BCUT2D eigenvalue weighted by Crippen LogP contribution is 2.26. The van der Waals surface area contributed by atoms with Crippen LogP contribution < -0.4 is 0 Å². The molecule has 0 radical (unpaired) electrons. The van der Waals surface area contributed by atoms with Crippen molar-refractivity contribution >= 4 is 5.78 Å². The van der Waals surface area contributed by atoms with Crippen molar-refractivity contribution in [3.63, 3.8) is 0 Å². The number of ketones is 1. The van der Waals surface area contributed by atoms with Crippen molar-refractivity contribution in [3.05, 3.63) is 35.9 Å². The zero-order valence-electron chi connectivity index (χ0n) is 9.86. The summed E-state index contributed by atoms with van der Waals surface area (Å²) < 4.78 is 0. The third-order valence-corrected chi connectivity index (χ3v) is 3.30. The van der Waals surface area contributed by atoms with Gasteiger partial charge in [0.25, 0.3) is 0 Å². The van der Waals surface area contributed by atoms with Crippen LogP contribution in [0.1, 0.15) is 29.6 Å². The number of likely N-dealkylation sites (N-methyl/N-ethyl adjacent to an activating group) is 1. The van der Waals surface area contributed by atoms with E-state index in [0.29, 0.717) is 6.54 Å². The molecular formula is C14H19NO. The van der Waals surface area contributed by atoms with Crippen molar-refractivity contribution in [3.8, 4) is 0 Å². The Balaban J connectivity index is 1.82. The summed E-state index contributed by atoms with van der Waals surface area (Å²) in [5, 5.41) is 0. The number of hydrogen-bond donors (Lipinski definition) is 0. The number of hydrogen-bond acceptors (Lipinski definition) is 2. The normalized spacial score (nSPS) is 16.1. The molecule has 1 saturated carbocycles. The lowest BCUT2D eigenvalue weighted by molar-refractivity contribution is 0.0925. The van der Waals surface area contributed by atoms with Crippen LogP contribution >= 0.6 is 0 Å². The summed E-state index contributed by atoms with van der Waals surface area (Å²) in [6.07, 6.45) is 4.04. The van der Waals surface area contributed by atoms with Crippen molar-refractivity contribution in [2.24, 2.45) is 5.92 Å². The van der Waals surface area contributed by atoms with Crippen molar-refractivity contribution in [2.75, 3.05) is 20.1 Å². The van der Waals surface area contributed by atoms with E-state index < -0.39 is 0 Å². The molecule has 16 heavy (non-hydrogen) atoms. The van der Waals surface area contributed by atoms with Gasteiger partial charge in [0.1, 0.15) is 0 Å². The molecule has 0 aromatic heterocycles. The van der Waals surface area contributed by atoms with Gasteiger partial charge in [-0.1, -0.05) is 36.8 Å². The number of rotatable bonds is 5. The Morgan fingerprint density at radius 2 is 2.00 bits per heavy atom. The Morgan fingerprint density at radius 1 is 1.31 bits per heavy atom. The summed E-state index contributed by atoms with van der Waals surface area (Å²) in [5.74, 6) is 1.05. The molecule has 0 saturated heterocycles. The van der Waals surface area contributed by atoms with Gasteiger partial charge in [0, 0.05) is 12.1 Å². The van der Waals surface area contributed by atoms with Gasteiger partial charge in [-0.2, -0.15) is 0 Å². The van der Waals surface area contributed by atoms with Gasteiger partial charge in [0.2, 0.25) is 0 Å². The standard InChI is InChI=1S/C14H19NO/c1-15(10-12-6-5-7-12)11-14(16)13-8-3-2-4-9-13/h2-4,8-9,12H,5-7,10-11H2,1H3. The molecule has 0 amide bonds. The Hall–Kier alpha value is -1.15. The van der Waals surface area contributed by atoms with Gasteiger partial charge in [0.15, 0.2) is 5.78 Å². The first kappa shape index (κ1) is 11.3. The SMILES string of the molecule is CN(CC(=O)c1ccccc1)CC1CCC1. The van der Waals surface area contributed by atoms with E-state index in [1.807, 2.05) is 37.4 Å². The van der Waals surface area contributed by atoms with Gasteiger partial charge in [-0.05, 0) is 25.8 Å². The van der Waals surface area contributed by atoms with Crippen molar-refractivity contribution < 1.29 is 4.79 Å². The maximum atomic E-state index is 11.9. The van der Waals surface area contributed by atoms with E-state index in [0.717, 1.165) is 18.0 Å². The van der Waals surface area contributed by atoms with Crippen LogP contribution in [-0.4, -0.2) is 30.8 Å². The highest BCUT2D eigenvalue weighted by Gasteiger charge is 2.20. The van der Waals surface area contributed by atoms with Crippen LogP contribution in [0.25, 0.3) is 0 Å². The lowest BCUT2D eigenvalue weighted by atomic mass is 9.85. The summed E-state index contributed by atoms with van der Waals surface area (Å²) >= 11 is 0. The average Bonchev–Trinajstić information content (AvgIpc) is 2.25.